The Labute approximate surface area is 89.4 Å². The Morgan fingerprint density at radius 1 is 0.867 bits per heavy atom. The third kappa shape index (κ3) is 6.04. The molecule has 4 N–H and O–H groups in total. The largest absolute Gasteiger partial charge is 0.356 e. The maximum atomic E-state index is 13.0. The minimum atomic E-state index is -3.67. The van der Waals surface area contributed by atoms with E-state index in [-0.39, 0.29) is 0 Å². The summed E-state index contributed by atoms with van der Waals surface area (Å²) in [6.45, 7) is 2.08. The summed E-state index contributed by atoms with van der Waals surface area (Å²) < 4.78 is 13.0. The van der Waals surface area contributed by atoms with Crippen LogP contribution >= 0.6 is 0 Å². The van der Waals surface area contributed by atoms with Crippen molar-refractivity contribution in [1.29, 1.82) is 0 Å². The third-order valence-electron chi connectivity index (χ3n) is 2.38. The third-order valence-corrected chi connectivity index (χ3v) is 2.38. The van der Waals surface area contributed by atoms with Gasteiger partial charge in [-0.25, -0.2) is 4.39 Å². The Balaban J connectivity index is 3.58. The molecule has 0 aromatic heterocycles. The summed E-state index contributed by atoms with van der Waals surface area (Å²) in [4.78, 5) is 0. The SMILES string of the molecule is CCCCCCCCC(O)(F)C(O)(O)O. The minimum Gasteiger partial charge on any atom is -0.356 e. The van der Waals surface area contributed by atoms with E-state index in [1.54, 1.807) is 0 Å². The standard InChI is InChI=1S/C10H21FO4/c1-2-3-4-5-6-7-8-9(11,12)10(13,14)15/h12-15H,2-8H2,1H3. The number of aliphatic hydroxyl groups is 4. The van der Waals surface area contributed by atoms with Crippen molar-refractivity contribution in [3.05, 3.63) is 0 Å². The molecule has 0 saturated carbocycles. The number of alkyl halides is 1. The Morgan fingerprint density at radius 3 is 1.80 bits per heavy atom. The van der Waals surface area contributed by atoms with Crippen LogP contribution in [-0.2, 0) is 0 Å². The fourth-order valence-electron chi connectivity index (χ4n) is 1.31. The summed E-state index contributed by atoms with van der Waals surface area (Å²) in [7, 11) is 0. The lowest BCUT2D eigenvalue weighted by molar-refractivity contribution is -0.426. The molecule has 5 heteroatoms. The Bertz CT molecular complexity index is 165. The van der Waals surface area contributed by atoms with E-state index in [0.717, 1.165) is 25.7 Å². The molecule has 92 valence electrons. The van der Waals surface area contributed by atoms with Crippen LogP contribution in [0.2, 0.25) is 0 Å². The summed E-state index contributed by atoms with van der Waals surface area (Å²) in [5, 5.41) is 34.3. The summed E-state index contributed by atoms with van der Waals surface area (Å²) in [5.74, 6) is -7.02. The topological polar surface area (TPSA) is 80.9 Å². The van der Waals surface area contributed by atoms with Crippen molar-refractivity contribution in [3.8, 4) is 0 Å². The maximum Gasteiger partial charge on any atom is 0.337 e. The van der Waals surface area contributed by atoms with Gasteiger partial charge >= 0.3 is 5.97 Å². The van der Waals surface area contributed by atoms with Gasteiger partial charge in [-0.1, -0.05) is 39.0 Å². The van der Waals surface area contributed by atoms with E-state index in [2.05, 4.69) is 6.92 Å². The van der Waals surface area contributed by atoms with Gasteiger partial charge in [-0.15, -0.1) is 0 Å². The highest BCUT2D eigenvalue weighted by Crippen LogP contribution is 2.25. The van der Waals surface area contributed by atoms with Gasteiger partial charge in [-0.3, -0.25) is 0 Å². The number of halogens is 1. The van der Waals surface area contributed by atoms with Crippen LogP contribution in [0.15, 0.2) is 0 Å². The van der Waals surface area contributed by atoms with Gasteiger partial charge in [0.2, 0.25) is 0 Å². The first-order valence-corrected chi connectivity index (χ1v) is 5.39. The highest BCUT2D eigenvalue weighted by Gasteiger charge is 2.47. The molecule has 0 fully saturated rings. The second kappa shape index (κ2) is 6.37. The van der Waals surface area contributed by atoms with E-state index in [1.165, 1.54) is 0 Å². The monoisotopic (exact) mass is 224 g/mol. The molecule has 0 aliphatic heterocycles. The van der Waals surface area contributed by atoms with Gasteiger partial charge < -0.3 is 20.4 Å². The molecule has 0 aliphatic rings. The van der Waals surface area contributed by atoms with E-state index in [0.29, 0.717) is 12.8 Å². The average molecular weight is 224 g/mol. The average Bonchev–Trinajstić information content (AvgIpc) is 2.09. The van der Waals surface area contributed by atoms with E-state index in [9.17, 15) is 4.39 Å². The lowest BCUT2D eigenvalue weighted by Crippen LogP contribution is -2.51. The normalized spacial score (nSPS) is 16.4. The van der Waals surface area contributed by atoms with Crippen molar-refractivity contribution in [3.63, 3.8) is 0 Å². The molecule has 0 saturated heterocycles. The van der Waals surface area contributed by atoms with Crippen molar-refractivity contribution in [2.45, 2.75) is 63.7 Å². The Morgan fingerprint density at radius 2 is 1.33 bits per heavy atom. The molecule has 0 heterocycles. The second-order valence-corrected chi connectivity index (χ2v) is 3.91. The van der Waals surface area contributed by atoms with Crippen LogP contribution in [0.1, 0.15) is 51.9 Å². The molecule has 0 bridgehead atoms. The van der Waals surface area contributed by atoms with Gasteiger partial charge in [0, 0.05) is 6.42 Å². The van der Waals surface area contributed by atoms with Crippen LogP contribution in [0, 0.1) is 0 Å². The summed E-state index contributed by atoms with van der Waals surface area (Å²) >= 11 is 0. The van der Waals surface area contributed by atoms with Crippen molar-refractivity contribution in [2.75, 3.05) is 0 Å². The van der Waals surface area contributed by atoms with Crippen LogP contribution in [0.25, 0.3) is 0 Å². The number of hydrogen-bond donors (Lipinski definition) is 4. The molecule has 1 unspecified atom stereocenters. The lowest BCUT2D eigenvalue weighted by Gasteiger charge is -2.27. The molecule has 0 aromatic rings. The first kappa shape index (κ1) is 14.8. The molecule has 4 nitrogen and oxygen atoms in total. The van der Waals surface area contributed by atoms with Crippen molar-refractivity contribution >= 4 is 0 Å². The first-order valence-electron chi connectivity index (χ1n) is 5.39. The highest BCUT2D eigenvalue weighted by atomic mass is 19.2. The maximum absolute atomic E-state index is 13.0. The van der Waals surface area contributed by atoms with Gasteiger partial charge in [0.1, 0.15) is 0 Å². The fraction of sp³-hybridized carbons (Fsp3) is 1.00. The zero-order chi connectivity index (χ0) is 11.9. The van der Waals surface area contributed by atoms with Gasteiger partial charge in [-0.05, 0) is 6.42 Å². The quantitative estimate of drug-likeness (QED) is 0.366. The summed E-state index contributed by atoms with van der Waals surface area (Å²) in [6.07, 6.45) is 4.71. The van der Waals surface area contributed by atoms with Crippen molar-refractivity contribution in [2.24, 2.45) is 0 Å². The van der Waals surface area contributed by atoms with E-state index < -0.39 is 18.2 Å². The van der Waals surface area contributed by atoms with Crippen LogP contribution in [0.4, 0.5) is 4.39 Å². The van der Waals surface area contributed by atoms with E-state index in [4.69, 9.17) is 20.4 Å². The molecule has 1 atom stereocenters. The van der Waals surface area contributed by atoms with Gasteiger partial charge in [-0.2, -0.15) is 0 Å². The Kier molecular flexibility index (Phi) is 6.28. The van der Waals surface area contributed by atoms with Gasteiger partial charge in [0.05, 0.1) is 0 Å². The van der Waals surface area contributed by atoms with Crippen molar-refractivity contribution in [1.82, 2.24) is 0 Å². The molecular weight excluding hydrogens is 203 g/mol. The zero-order valence-corrected chi connectivity index (χ0v) is 9.12. The predicted molar refractivity (Wildman–Crippen MR) is 53.4 cm³/mol. The van der Waals surface area contributed by atoms with Crippen LogP contribution in [-0.4, -0.2) is 32.3 Å². The van der Waals surface area contributed by atoms with Crippen LogP contribution in [0.3, 0.4) is 0 Å². The predicted octanol–water partition coefficient (Wildman–Crippen LogP) is 1.03. The first-order chi connectivity index (χ1) is 6.81. The lowest BCUT2D eigenvalue weighted by atomic mass is 10.0. The molecule has 0 amide bonds. The number of hydrogen-bond acceptors (Lipinski definition) is 4. The fourth-order valence-corrected chi connectivity index (χ4v) is 1.31. The van der Waals surface area contributed by atoms with Crippen LogP contribution in [0.5, 0.6) is 0 Å². The minimum absolute atomic E-state index is 0.306. The zero-order valence-electron chi connectivity index (χ0n) is 9.12. The molecule has 0 aliphatic carbocycles. The molecule has 0 spiro atoms. The van der Waals surface area contributed by atoms with E-state index in [1.807, 2.05) is 0 Å². The van der Waals surface area contributed by atoms with Gasteiger partial charge in [0.15, 0.2) is 0 Å². The second-order valence-electron chi connectivity index (χ2n) is 3.91. The molecule has 15 heavy (non-hydrogen) atoms. The summed E-state index contributed by atoms with van der Waals surface area (Å²) in [5.41, 5.74) is 0. The van der Waals surface area contributed by atoms with Crippen LogP contribution < -0.4 is 0 Å². The molecule has 0 radical (unpaired) electrons. The molecule has 0 rings (SSSR count). The number of unbranched alkanes of at least 4 members (excludes halogenated alkanes) is 5. The Hall–Kier alpha value is -0.230. The smallest absolute Gasteiger partial charge is 0.337 e. The highest BCUT2D eigenvalue weighted by molar-refractivity contribution is 4.72. The number of rotatable bonds is 8. The van der Waals surface area contributed by atoms with E-state index >= 15 is 0 Å². The summed E-state index contributed by atoms with van der Waals surface area (Å²) in [6, 6.07) is 0. The van der Waals surface area contributed by atoms with Crippen molar-refractivity contribution < 1.29 is 24.8 Å². The molecular formula is C10H21FO4. The van der Waals surface area contributed by atoms with Gasteiger partial charge in [0.25, 0.3) is 5.85 Å². The molecule has 0 aromatic carbocycles.